The van der Waals surface area contributed by atoms with E-state index in [4.69, 9.17) is 9.72 Å². The lowest BCUT2D eigenvalue weighted by molar-refractivity contribution is 0.394. The Bertz CT molecular complexity index is 1480. The second-order valence-corrected chi connectivity index (χ2v) is 8.02. The molecule has 0 radical (unpaired) electrons. The number of fused-ring (bicyclic) bond motifs is 1. The zero-order valence-corrected chi connectivity index (χ0v) is 18.6. The first kappa shape index (κ1) is 20.6. The normalized spacial score (nSPS) is 11.4. The van der Waals surface area contributed by atoms with Crippen LogP contribution < -0.4 is 10.4 Å². The number of nitrogens with zero attached hydrogens (tertiary/aromatic N) is 6. The summed E-state index contributed by atoms with van der Waals surface area (Å²) >= 11 is 0. The summed E-state index contributed by atoms with van der Waals surface area (Å²) in [6.07, 6.45) is 5.17. The number of imidazole rings is 1. The van der Waals surface area contributed by atoms with E-state index in [1.807, 2.05) is 30.3 Å². The third-order valence-corrected chi connectivity index (χ3v) is 5.49. The summed E-state index contributed by atoms with van der Waals surface area (Å²) in [5.74, 6) is 2.10. The zero-order valence-electron chi connectivity index (χ0n) is 18.6. The largest absolute Gasteiger partial charge is 0.480 e. The van der Waals surface area contributed by atoms with Gasteiger partial charge in [-0.15, -0.1) is 5.10 Å². The molecule has 9 nitrogen and oxygen atoms in total. The number of H-pyrrole nitrogens is 1. The summed E-state index contributed by atoms with van der Waals surface area (Å²) in [6.45, 7) is 4.61. The van der Waals surface area contributed by atoms with Gasteiger partial charge in [-0.1, -0.05) is 44.2 Å². The van der Waals surface area contributed by atoms with Crippen LogP contribution in [0.1, 0.15) is 30.9 Å². The Morgan fingerprint density at radius 3 is 2.64 bits per heavy atom. The van der Waals surface area contributed by atoms with Crippen molar-refractivity contribution in [3.05, 3.63) is 82.7 Å². The Morgan fingerprint density at radius 2 is 1.91 bits per heavy atom. The van der Waals surface area contributed by atoms with Crippen molar-refractivity contribution in [3.63, 3.8) is 0 Å². The summed E-state index contributed by atoms with van der Waals surface area (Å²) in [6, 6.07) is 13.6. The first-order valence-electron chi connectivity index (χ1n) is 10.6. The van der Waals surface area contributed by atoms with Gasteiger partial charge >= 0.3 is 5.69 Å². The number of ether oxygens (including phenoxy) is 1. The van der Waals surface area contributed by atoms with Crippen molar-refractivity contribution in [3.8, 4) is 23.1 Å². The number of methoxy groups -OCH3 is 1. The number of aromatic nitrogens is 7. The van der Waals surface area contributed by atoms with Crippen LogP contribution in [0.4, 0.5) is 0 Å². The molecule has 0 fully saturated rings. The van der Waals surface area contributed by atoms with E-state index in [-0.39, 0.29) is 5.69 Å². The molecule has 0 bridgehead atoms. The third-order valence-electron chi connectivity index (χ3n) is 5.49. The van der Waals surface area contributed by atoms with Gasteiger partial charge in [0.1, 0.15) is 5.52 Å². The highest BCUT2D eigenvalue weighted by molar-refractivity contribution is 5.73. The molecule has 5 rings (SSSR count). The first-order valence-corrected chi connectivity index (χ1v) is 10.6. The maximum atomic E-state index is 12.7. The van der Waals surface area contributed by atoms with Crippen LogP contribution in [-0.2, 0) is 6.54 Å². The summed E-state index contributed by atoms with van der Waals surface area (Å²) < 4.78 is 8.35. The van der Waals surface area contributed by atoms with Gasteiger partial charge in [-0.3, -0.25) is 4.57 Å². The van der Waals surface area contributed by atoms with Crippen molar-refractivity contribution in [1.82, 2.24) is 34.3 Å². The molecule has 0 atom stereocenters. The minimum atomic E-state index is -0.241. The standard InChI is InChI=1S/C24H23N7O2/c1-15(2)17-6-4-5-7-18(17)22-26-13-19-23(28-22)30(24(32)27-19)14-16-8-9-20(25-12-16)31-11-10-21(29-31)33-3/h4-13,15H,14H2,1-3H3,(H,27,32). The highest BCUT2D eigenvalue weighted by Crippen LogP contribution is 2.27. The summed E-state index contributed by atoms with van der Waals surface area (Å²) in [5, 5.41) is 4.27. The van der Waals surface area contributed by atoms with E-state index in [2.05, 4.69) is 40.0 Å². The van der Waals surface area contributed by atoms with E-state index in [0.717, 1.165) is 16.7 Å². The molecule has 0 aliphatic carbocycles. The Balaban J connectivity index is 1.49. The SMILES string of the molecule is COc1ccn(-c2ccc(Cn3c(=O)[nH]c4cnc(-c5ccccc5C(C)C)nc43)cn2)n1. The number of rotatable bonds is 6. The Labute approximate surface area is 189 Å². The molecule has 0 saturated heterocycles. The predicted molar refractivity (Wildman–Crippen MR) is 125 cm³/mol. The minimum absolute atomic E-state index is 0.241. The molecule has 5 aromatic rings. The first-order chi connectivity index (χ1) is 16.0. The fourth-order valence-electron chi connectivity index (χ4n) is 3.80. The van der Waals surface area contributed by atoms with Crippen LogP contribution in [0.15, 0.2) is 65.8 Å². The molecule has 1 aromatic carbocycles. The van der Waals surface area contributed by atoms with Gasteiger partial charge < -0.3 is 9.72 Å². The third kappa shape index (κ3) is 3.89. The van der Waals surface area contributed by atoms with Crippen molar-refractivity contribution in [2.45, 2.75) is 26.3 Å². The Kier molecular flexibility index (Phi) is 5.21. The monoisotopic (exact) mass is 441 g/mol. The van der Waals surface area contributed by atoms with Crippen molar-refractivity contribution < 1.29 is 4.74 Å². The lowest BCUT2D eigenvalue weighted by Crippen LogP contribution is -2.18. The van der Waals surface area contributed by atoms with Gasteiger partial charge in [0.15, 0.2) is 17.3 Å². The molecule has 166 valence electrons. The molecule has 0 spiro atoms. The van der Waals surface area contributed by atoms with Crippen molar-refractivity contribution in [2.75, 3.05) is 7.11 Å². The van der Waals surface area contributed by atoms with Crippen LogP contribution in [0.25, 0.3) is 28.4 Å². The second-order valence-electron chi connectivity index (χ2n) is 8.02. The van der Waals surface area contributed by atoms with Gasteiger partial charge in [0, 0.05) is 24.0 Å². The summed E-state index contributed by atoms with van der Waals surface area (Å²) in [5.41, 5.74) is 3.91. The summed E-state index contributed by atoms with van der Waals surface area (Å²) in [7, 11) is 1.57. The number of nitrogens with one attached hydrogen (secondary N) is 1. The fourth-order valence-corrected chi connectivity index (χ4v) is 3.80. The minimum Gasteiger partial charge on any atom is -0.480 e. The molecule has 33 heavy (non-hydrogen) atoms. The molecule has 4 aromatic heterocycles. The maximum Gasteiger partial charge on any atom is 0.328 e. The van der Waals surface area contributed by atoms with E-state index >= 15 is 0 Å². The van der Waals surface area contributed by atoms with E-state index in [0.29, 0.717) is 41.1 Å². The van der Waals surface area contributed by atoms with Crippen LogP contribution in [0.5, 0.6) is 5.88 Å². The van der Waals surface area contributed by atoms with Gasteiger partial charge in [-0.2, -0.15) is 0 Å². The number of pyridine rings is 1. The molecule has 0 amide bonds. The van der Waals surface area contributed by atoms with Gasteiger partial charge in [0.25, 0.3) is 0 Å². The van der Waals surface area contributed by atoms with Crippen molar-refractivity contribution >= 4 is 11.2 Å². The van der Waals surface area contributed by atoms with E-state index in [1.165, 1.54) is 0 Å². The number of hydrogen-bond acceptors (Lipinski definition) is 6. The average Bonchev–Trinajstić information content (AvgIpc) is 3.44. The Morgan fingerprint density at radius 1 is 1.06 bits per heavy atom. The molecule has 0 unspecified atom stereocenters. The highest BCUT2D eigenvalue weighted by Gasteiger charge is 2.15. The number of aromatic amines is 1. The fraction of sp³-hybridized carbons (Fsp3) is 0.208. The highest BCUT2D eigenvalue weighted by atomic mass is 16.5. The van der Waals surface area contributed by atoms with Gasteiger partial charge in [-0.05, 0) is 23.1 Å². The zero-order chi connectivity index (χ0) is 22.9. The smallest absolute Gasteiger partial charge is 0.328 e. The van der Waals surface area contributed by atoms with E-state index in [1.54, 1.807) is 41.0 Å². The van der Waals surface area contributed by atoms with Crippen LogP contribution in [-0.4, -0.2) is 41.4 Å². The summed E-state index contributed by atoms with van der Waals surface area (Å²) in [4.78, 5) is 29.3. The van der Waals surface area contributed by atoms with Crippen LogP contribution in [0.2, 0.25) is 0 Å². The number of benzene rings is 1. The second kappa shape index (κ2) is 8.34. The van der Waals surface area contributed by atoms with E-state index in [9.17, 15) is 4.79 Å². The Hall–Kier alpha value is -4.27. The molecular weight excluding hydrogens is 418 g/mol. The quantitative estimate of drug-likeness (QED) is 0.432. The maximum absolute atomic E-state index is 12.7. The molecule has 0 aliphatic heterocycles. The van der Waals surface area contributed by atoms with Crippen molar-refractivity contribution in [2.24, 2.45) is 0 Å². The van der Waals surface area contributed by atoms with Gasteiger partial charge in [0.05, 0.1) is 19.9 Å². The number of hydrogen-bond donors (Lipinski definition) is 1. The molecule has 1 N–H and O–H groups in total. The topological polar surface area (TPSA) is 104 Å². The molecular formula is C24H23N7O2. The molecule has 4 heterocycles. The lowest BCUT2D eigenvalue weighted by Gasteiger charge is -2.11. The van der Waals surface area contributed by atoms with Gasteiger partial charge in [-0.25, -0.2) is 24.4 Å². The average molecular weight is 441 g/mol. The van der Waals surface area contributed by atoms with Crippen LogP contribution >= 0.6 is 0 Å². The van der Waals surface area contributed by atoms with Crippen molar-refractivity contribution in [1.29, 1.82) is 0 Å². The molecule has 0 saturated carbocycles. The van der Waals surface area contributed by atoms with E-state index < -0.39 is 0 Å². The molecule has 9 heteroatoms. The predicted octanol–water partition coefficient (Wildman–Crippen LogP) is 3.55. The lowest BCUT2D eigenvalue weighted by atomic mass is 9.97. The van der Waals surface area contributed by atoms with Crippen LogP contribution in [0, 0.1) is 0 Å². The van der Waals surface area contributed by atoms with Gasteiger partial charge in [0.2, 0.25) is 5.88 Å². The van der Waals surface area contributed by atoms with Crippen LogP contribution in [0.3, 0.4) is 0 Å². The molecule has 0 aliphatic rings.